The van der Waals surface area contributed by atoms with E-state index >= 15 is 0 Å². The molecule has 15 heavy (non-hydrogen) atoms. The second-order valence-corrected chi connectivity index (χ2v) is 2.17. The summed E-state index contributed by atoms with van der Waals surface area (Å²) in [5.74, 6) is -3.24. The van der Waals surface area contributed by atoms with E-state index in [-0.39, 0.29) is 0 Å². The molecule has 0 amide bonds. The van der Waals surface area contributed by atoms with Gasteiger partial charge in [-0.05, 0) is 0 Å². The van der Waals surface area contributed by atoms with Gasteiger partial charge in [0.15, 0.2) is 5.83 Å². The molecule has 0 rings (SSSR count). The van der Waals surface area contributed by atoms with Crippen molar-refractivity contribution in [3.05, 3.63) is 23.6 Å². The van der Waals surface area contributed by atoms with Crippen LogP contribution in [0.3, 0.4) is 0 Å². The van der Waals surface area contributed by atoms with Gasteiger partial charge in [-0.1, -0.05) is 0 Å². The Bertz CT molecular complexity index is 285. The van der Waals surface area contributed by atoms with E-state index in [1.54, 1.807) is 0 Å². The van der Waals surface area contributed by atoms with Gasteiger partial charge >= 0.3 is 18.4 Å². The fourth-order valence-corrected chi connectivity index (χ4v) is 0.535. The van der Waals surface area contributed by atoms with E-state index in [2.05, 4.69) is 0 Å². The zero-order valence-corrected chi connectivity index (χ0v) is 6.48. The van der Waals surface area contributed by atoms with Gasteiger partial charge in [-0.25, -0.2) is 4.39 Å². The Balaban J connectivity index is 5.49. The van der Waals surface area contributed by atoms with E-state index < -0.39 is 35.9 Å². The molecule has 0 saturated heterocycles. The normalized spacial score (nSPS) is 14.1. The first-order valence-electron chi connectivity index (χ1n) is 3.03. The number of halogens is 9. The van der Waals surface area contributed by atoms with Crippen LogP contribution in [0.2, 0.25) is 0 Å². The summed E-state index contributed by atoms with van der Waals surface area (Å²) in [4.78, 5) is 0. The average Bonchev–Trinajstić information content (AvgIpc) is 1.94. The molecule has 0 aliphatic heterocycles. The summed E-state index contributed by atoms with van der Waals surface area (Å²) in [6.07, 6.45) is -16.4. The average molecular weight is 244 g/mol. The second-order valence-electron chi connectivity index (χ2n) is 2.17. The van der Waals surface area contributed by atoms with Crippen molar-refractivity contribution in [2.24, 2.45) is 0 Å². The smallest absolute Gasteiger partial charge is 0.200 e. The van der Waals surface area contributed by atoms with Gasteiger partial charge in [0.2, 0.25) is 0 Å². The molecule has 88 valence electrons. The zero-order valence-electron chi connectivity index (χ0n) is 6.48. The van der Waals surface area contributed by atoms with E-state index in [9.17, 15) is 39.5 Å². The van der Waals surface area contributed by atoms with Crippen LogP contribution in [-0.2, 0) is 0 Å². The highest BCUT2D eigenvalue weighted by Crippen LogP contribution is 2.36. The summed E-state index contributed by atoms with van der Waals surface area (Å²) in [5.41, 5.74) is -3.06. The Labute approximate surface area is 76.7 Å². The predicted octanol–water partition coefficient (Wildman–Crippen LogP) is 4.12. The van der Waals surface area contributed by atoms with Crippen LogP contribution >= 0.6 is 0 Å². The molecule has 0 aromatic heterocycles. The van der Waals surface area contributed by atoms with Crippen LogP contribution in [-0.4, -0.2) is 12.4 Å². The molecular weight excluding hydrogens is 243 g/mol. The molecule has 0 unspecified atom stereocenters. The number of hydrogen-bond donors (Lipinski definition) is 0. The second kappa shape index (κ2) is 4.15. The van der Waals surface area contributed by atoms with Crippen molar-refractivity contribution in [2.45, 2.75) is 12.4 Å². The third-order valence-electron chi connectivity index (χ3n) is 1.02. The first-order valence-corrected chi connectivity index (χ1v) is 3.03. The highest BCUT2D eigenvalue weighted by Gasteiger charge is 2.42. The van der Waals surface area contributed by atoms with Crippen molar-refractivity contribution in [3.8, 4) is 0 Å². The van der Waals surface area contributed by atoms with E-state index in [0.717, 1.165) is 0 Å². The SMILES string of the molecule is FC(F)=C(F)C(=CC(F)(F)F)C(F)(F)F. The van der Waals surface area contributed by atoms with Crippen LogP contribution in [0, 0.1) is 0 Å². The summed E-state index contributed by atoms with van der Waals surface area (Å²) < 4.78 is 104. The summed E-state index contributed by atoms with van der Waals surface area (Å²) >= 11 is 0. The minimum absolute atomic E-state index is 1.57. The molecule has 0 bridgehead atoms. The van der Waals surface area contributed by atoms with Gasteiger partial charge in [0.1, 0.15) is 5.57 Å². The minimum atomic E-state index is -5.84. The maximum Gasteiger partial charge on any atom is 0.419 e. The molecule has 0 radical (unpaired) electrons. The molecule has 0 spiro atoms. The summed E-state index contributed by atoms with van der Waals surface area (Å²) in [6.45, 7) is 0. The highest BCUT2D eigenvalue weighted by atomic mass is 19.4. The van der Waals surface area contributed by atoms with Crippen molar-refractivity contribution in [1.29, 1.82) is 0 Å². The molecule has 0 aromatic rings. The number of alkyl halides is 6. The first kappa shape index (κ1) is 13.8. The minimum Gasteiger partial charge on any atom is -0.200 e. The molecule has 0 fully saturated rings. The van der Waals surface area contributed by atoms with E-state index in [1.165, 1.54) is 0 Å². The highest BCUT2D eigenvalue weighted by molar-refractivity contribution is 5.31. The van der Waals surface area contributed by atoms with Gasteiger partial charge in [-0.2, -0.15) is 35.1 Å². The predicted molar refractivity (Wildman–Crippen MR) is 30.5 cm³/mol. The molecular formula is C6HF9. The molecule has 0 aromatic carbocycles. The van der Waals surface area contributed by atoms with Crippen LogP contribution < -0.4 is 0 Å². The maximum atomic E-state index is 12.1. The Hall–Kier alpha value is -1.15. The lowest BCUT2D eigenvalue weighted by molar-refractivity contribution is -0.107. The lowest BCUT2D eigenvalue weighted by atomic mass is 10.2. The van der Waals surface area contributed by atoms with Crippen LogP contribution in [0.25, 0.3) is 0 Å². The molecule has 9 heteroatoms. The van der Waals surface area contributed by atoms with Crippen molar-refractivity contribution in [1.82, 2.24) is 0 Å². The monoisotopic (exact) mass is 244 g/mol. The standard InChI is InChI=1S/C6HF9/c7-3(4(8)9)2(6(13,14)15)1-5(10,11)12/h1H. The van der Waals surface area contributed by atoms with Gasteiger partial charge in [-0.3, -0.25) is 0 Å². The Kier molecular flexibility index (Phi) is 3.83. The van der Waals surface area contributed by atoms with Crippen molar-refractivity contribution in [2.75, 3.05) is 0 Å². The lowest BCUT2D eigenvalue weighted by Gasteiger charge is -2.10. The van der Waals surface area contributed by atoms with Crippen LogP contribution in [0.4, 0.5) is 39.5 Å². The van der Waals surface area contributed by atoms with Gasteiger partial charge in [0, 0.05) is 6.08 Å². The van der Waals surface area contributed by atoms with E-state index in [1.807, 2.05) is 0 Å². The molecule has 0 nitrogen and oxygen atoms in total. The largest absolute Gasteiger partial charge is 0.419 e. The fourth-order valence-electron chi connectivity index (χ4n) is 0.535. The van der Waals surface area contributed by atoms with Gasteiger partial charge in [0.25, 0.3) is 0 Å². The third kappa shape index (κ3) is 4.75. The fraction of sp³-hybridized carbons (Fsp3) is 0.333. The van der Waals surface area contributed by atoms with Crippen molar-refractivity contribution >= 4 is 0 Å². The third-order valence-corrected chi connectivity index (χ3v) is 1.02. The molecule has 0 N–H and O–H groups in total. The van der Waals surface area contributed by atoms with E-state index in [0.29, 0.717) is 0 Å². The topological polar surface area (TPSA) is 0 Å². The molecule has 0 heterocycles. The molecule has 0 aliphatic rings. The Morgan fingerprint density at radius 3 is 1.40 bits per heavy atom. The van der Waals surface area contributed by atoms with Crippen LogP contribution in [0.1, 0.15) is 0 Å². The van der Waals surface area contributed by atoms with Gasteiger partial charge < -0.3 is 0 Å². The summed E-state index contributed by atoms with van der Waals surface area (Å²) in [5, 5.41) is 0. The Morgan fingerprint density at radius 2 is 1.20 bits per heavy atom. The molecule has 0 atom stereocenters. The lowest BCUT2D eigenvalue weighted by Crippen LogP contribution is -2.17. The summed E-state index contributed by atoms with van der Waals surface area (Å²) in [7, 11) is 0. The van der Waals surface area contributed by atoms with Crippen LogP contribution in [0.15, 0.2) is 23.6 Å². The number of hydrogen-bond acceptors (Lipinski definition) is 0. The van der Waals surface area contributed by atoms with Crippen molar-refractivity contribution < 1.29 is 39.5 Å². The quantitative estimate of drug-likeness (QED) is 0.480. The van der Waals surface area contributed by atoms with Crippen LogP contribution in [0.5, 0.6) is 0 Å². The first-order chi connectivity index (χ1) is 6.45. The molecule has 0 aliphatic carbocycles. The Morgan fingerprint density at radius 1 is 0.800 bits per heavy atom. The number of rotatable bonds is 1. The maximum absolute atomic E-state index is 12.1. The van der Waals surface area contributed by atoms with Crippen molar-refractivity contribution in [3.63, 3.8) is 0 Å². The van der Waals surface area contributed by atoms with E-state index in [4.69, 9.17) is 0 Å². The summed E-state index contributed by atoms with van der Waals surface area (Å²) in [6, 6.07) is 0. The number of allylic oxidation sites excluding steroid dienone is 3. The van der Waals surface area contributed by atoms with Gasteiger partial charge in [0.05, 0.1) is 0 Å². The zero-order chi connectivity index (χ0) is 12.4. The molecule has 0 saturated carbocycles. The van der Waals surface area contributed by atoms with Gasteiger partial charge in [-0.15, -0.1) is 0 Å².